The van der Waals surface area contributed by atoms with Crippen LogP contribution in [-0.4, -0.2) is 28.6 Å². The zero-order valence-corrected chi connectivity index (χ0v) is 17.3. The number of rotatable bonds is 7. The highest BCUT2D eigenvalue weighted by atomic mass is 35.5. The second-order valence-corrected chi connectivity index (χ2v) is 7.02. The van der Waals surface area contributed by atoms with Crippen LogP contribution >= 0.6 is 11.6 Å². The summed E-state index contributed by atoms with van der Waals surface area (Å²) in [5.41, 5.74) is 6.80. The molecule has 0 aliphatic carbocycles. The van der Waals surface area contributed by atoms with Gasteiger partial charge in [-0.05, 0) is 68.3 Å². The highest BCUT2D eigenvalue weighted by Gasteiger charge is 2.10. The van der Waals surface area contributed by atoms with Crippen molar-refractivity contribution >= 4 is 23.4 Å². The van der Waals surface area contributed by atoms with Gasteiger partial charge in [-0.15, -0.1) is 0 Å². The number of benzene rings is 2. The lowest BCUT2D eigenvalue weighted by molar-refractivity contribution is -0.122. The molecule has 1 aromatic heterocycles. The normalized spacial score (nSPS) is 10.5. The Hall–Kier alpha value is -3.39. The molecule has 0 atom stereocenters. The summed E-state index contributed by atoms with van der Waals surface area (Å²) >= 11 is 5.91. The fourth-order valence-corrected chi connectivity index (χ4v) is 2.86. The van der Waals surface area contributed by atoms with Crippen molar-refractivity contribution in [1.82, 2.24) is 21.0 Å². The molecule has 0 fully saturated rings. The Bertz CT molecular complexity index is 1030. The molecular formula is C21H21ClN4O4. The summed E-state index contributed by atoms with van der Waals surface area (Å²) in [6.45, 7) is 4.00. The minimum atomic E-state index is -0.426. The van der Waals surface area contributed by atoms with E-state index in [1.165, 1.54) is 0 Å². The Kier molecular flexibility index (Phi) is 7.03. The largest absolute Gasteiger partial charge is 0.493 e. The number of carbonyl (C=O) groups is 2. The number of nitrogens with zero attached hydrogens (tertiary/aromatic N) is 2. The van der Waals surface area contributed by atoms with E-state index < -0.39 is 5.91 Å². The Morgan fingerprint density at radius 2 is 1.87 bits per heavy atom. The highest BCUT2D eigenvalue weighted by Crippen LogP contribution is 2.22. The Morgan fingerprint density at radius 3 is 2.53 bits per heavy atom. The maximum absolute atomic E-state index is 12.2. The average Bonchev–Trinajstić information content (AvgIpc) is 3.17. The number of carbonyl (C=O) groups excluding carboxylic acids is 2. The van der Waals surface area contributed by atoms with E-state index in [0.717, 1.165) is 11.3 Å². The number of halogens is 1. The first-order valence-corrected chi connectivity index (χ1v) is 9.69. The molecule has 0 saturated heterocycles. The standard InChI is InChI=1S/C21H21ClN4O4/c1-13-12-17(22)9-10-18(13)29-11-3-4-19(27)24-25-20(28)15-5-7-16(8-6-15)21-23-14(2)26-30-21/h5-10,12H,3-4,11H2,1-2H3,(H,24,27)(H,25,28). The number of hydrogen-bond acceptors (Lipinski definition) is 6. The Labute approximate surface area is 178 Å². The van der Waals surface area contributed by atoms with E-state index in [9.17, 15) is 9.59 Å². The number of hydrogen-bond donors (Lipinski definition) is 2. The van der Waals surface area contributed by atoms with Crippen LogP contribution in [0, 0.1) is 13.8 Å². The zero-order chi connectivity index (χ0) is 21.5. The molecule has 8 nitrogen and oxygen atoms in total. The summed E-state index contributed by atoms with van der Waals surface area (Å²) in [5.74, 6) is 0.904. The number of amides is 2. The molecule has 0 saturated carbocycles. The van der Waals surface area contributed by atoms with Gasteiger partial charge in [0, 0.05) is 22.6 Å². The fourth-order valence-electron chi connectivity index (χ4n) is 2.63. The topological polar surface area (TPSA) is 106 Å². The molecule has 156 valence electrons. The summed E-state index contributed by atoms with van der Waals surface area (Å²) in [5, 5.41) is 4.38. The maximum Gasteiger partial charge on any atom is 0.269 e. The third kappa shape index (κ3) is 5.81. The van der Waals surface area contributed by atoms with Crippen LogP contribution in [0.4, 0.5) is 0 Å². The molecule has 30 heavy (non-hydrogen) atoms. The molecule has 2 aromatic carbocycles. The predicted molar refractivity (Wildman–Crippen MR) is 111 cm³/mol. The Morgan fingerprint density at radius 1 is 1.10 bits per heavy atom. The van der Waals surface area contributed by atoms with E-state index in [0.29, 0.717) is 40.9 Å². The van der Waals surface area contributed by atoms with Crippen molar-refractivity contribution in [3.05, 3.63) is 64.4 Å². The van der Waals surface area contributed by atoms with Crippen molar-refractivity contribution < 1.29 is 18.8 Å². The molecule has 9 heteroatoms. The third-order valence-electron chi connectivity index (χ3n) is 4.18. The van der Waals surface area contributed by atoms with E-state index in [2.05, 4.69) is 21.0 Å². The molecule has 0 aliphatic heterocycles. The molecule has 0 unspecified atom stereocenters. The van der Waals surface area contributed by atoms with E-state index in [-0.39, 0.29) is 12.3 Å². The number of aryl methyl sites for hydroxylation is 2. The lowest BCUT2D eigenvalue weighted by Gasteiger charge is -2.10. The first-order chi connectivity index (χ1) is 14.4. The van der Waals surface area contributed by atoms with Gasteiger partial charge in [0.2, 0.25) is 5.91 Å². The van der Waals surface area contributed by atoms with Gasteiger partial charge in [0.25, 0.3) is 11.8 Å². The van der Waals surface area contributed by atoms with Gasteiger partial charge in [0.15, 0.2) is 5.82 Å². The molecule has 0 aliphatic rings. The molecule has 3 aromatic rings. The summed E-state index contributed by atoms with van der Waals surface area (Å²) < 4.78 is 10.7. The van der Waals surface area contributed by atoms with Gasteiger partial charge in [-0.25, -0.2) is 0 Å². The van der Waals surface area contributed by atoms with Gasteiger partial charge in [0.05, 0.1) is 6.61 Å². The molecule has 3 rings (SSSR count). The van der Waals surface area contributed by atoms with Gasteiger partial charge in [-0.2, -0.15) is 4.98 Å². The highest BCUT2D eigenvalue weighted by molar-refractivity contribution is 6.30. The van der Waals surface area contributed by atoms with Crippen LogP contribution in [-0.2, 0) is 4.79 Å². The van der Waals surface area contributed by atoms with E-state index >= 15 is 0 Å². The van der Waals surface area contributed by atoms with E-state index in [1.54, 1.807) is 43.3 Å². The number of ether oxygens (including phenoxy) is 1. The summed E-state index contributed by atoms with van der Waals surface area (Å²) in [6, 6.07) is 12.0. The zero-order valence-electron chi connectivity index (χ0n) is 16.6. The van der Waals surface area contributed by atoms with Crippen LogP contribution in [0.2, 0.25) is 5.02 Å². The monoisotopic (exact) mass is 428 g/mol. The maximum atomic E-state index is 12.2. The SMILES string of the molecule is Cc1noc(-c2ccc(C(=O)NNC(=O)CCCOc3ccc(Cl)cc3C)cc2)n1. The van der Waals surface area contributed by atoms with Gasteiger partial charge < -0.3 is 9.26 Å². The van der Waals surface area contributed by atoms with Gasteiger partial charge in [-0.3, -0.25) is 20.4 Å². The number of nitrogens with one attached hydrogen (secondary N) is 2. The van der Waals surface area contributed by atoms with Crippen LogP contribution < -0.4 is 15.6 Å². The first-order valence-electron chi connectivity index (χ1n) is 9.31. The lowest BCUT2D eigenvalue weighted by atomic mass is 10.1. The molecule has 2 amide bonds. The minimum absolute atomic E-state index is 0.211. The van der Waals surface area contributed by atoms with Crippen molar-refractivity contribution in [3.63, 3.8) is 0 Å². The van der Waals surface area contributed by atoms with E-state index in [4.69, 9.17) is 20.9 Å². The molecular weight excluding hydrogens is 408 g/mol. The van der Waals surface area contributed by atoms with Crippen LogP contribution in [0.3, 0.4) is 0 Å². The van der Waals surface area contributed by atoms with Crippen molar-refractivity contribution in [1.29, 1.82) is 0 Å². The molecule has 1 heterocycles. The molecule has 2 N–H and O–H groups in total. The van der Waals surface area contributed by atoms with Gasteiger partial charge in [-0.1, -0.05) is 16.8 Å². The van der Waals surface area contributed by atoms with Crippen LogP contribution in [0.1, 0.15) is 34.6 Å². The third-order valence-corrected chi connectivity index (χ3v) is 4.41. The molecule has 0 spiro atoms. The minimum Gasteiger partial charge on any atom is -0.493 e. The van der Waals surface area contributed by atoms with Gasteiger partial charge >= 0.3 is 0 Å². The number of aromatic nitrogens is 2. The quantitative estimate of drug-likeness (QED) is 0.439. The average molecular weight is 429 g/mol. The fraction of sp³-hybridized carbons (Fsp3) is 0.238. The van der Waals surface area contributed by atoms with Crippen molar-refractivity contribution in [2.75, 3.05) is 6.61 Å². The smallest absolute Gasteiger partial charge is 0.269 e. The first kappa shape index (κ1) is 21.3. The summed E-state index contributed by atoms with van der Waals surface area (Å²) in [4.78, 5) is 28.2. The van der Waals surface area contributed by atoms with Crippen LogP contribution in [0.25, 0.3) is 11.5 Å². The summed E-state index contributed by atoms with van der Waals surface area (Å²) in [7, 11) is 0. The molecule has 0 bridgehead atoms. The Balaban J connectivity index is 1.39. The predicted octanol–water partition coefficient (Wildman–Crippen LogP) is 3.63. The van der Waals surface area contributed by atoms with Gasteiger partial charge in [0.1, 0.15) is 5.75 Å². The second-order valence-electron chi connectivity index (χ2n) is 6.59. The van der Waals surface area contributed by atoms with Crippen LogP contribution in [0.15, 0.2) is 47.0 Å². The second kappa shape index (κ2) is 9.89. The van der Waals surface area contributed by atoms with Crippen molar-refractivity contribution in [2.24, 2.45) is 0 Å². The van der Waals surface area contributed by atoms with E-state index in [1.807, 2.05) is 13.0 Å². The van der Waals surface area contributed by atoms with Crippen molar-refractivity contribution in [3.8, 4) is 17.2 Å². The van der Waals surface area contributed by atoms with Crippen LogP contribution in [0.5, 0.6) is 5.75 Å². The molecule has 0 radical (unpaired) electrons. The van der Waals surface area contributed by atoms with Crippen molar-refractivity contribution in [2.45, 2.75) is 26.7 Å². The lowest BCUT2D eigenvalue weighted by Crippen LogP contribution is -2.41. The summed E-state index contributed by atoms with van der Waals surface area (Å²) in [6.07, 6.45) is 0.713. The number of hydrazine groups is 1.